The van der Waals surface area contributed by atoms with Crippen LogP contribution in [0.25, 0.3) is 0 Å². The third kappa shape index (κ3) is 6.09. The lowest BCUT2D eigenvalue weighted by atomic mass is 9.94. The maximum absolute atomic E-state index is 12.7. The first kappa shape index (κ1) is 22.8. The molecular formula is C22H33ClN4O3. The van der Waals surface area contributed by atoms with Gasteiger partial charge < -0.3 is 24.6 Å². The van der Waals surface area contributed by atoms with Crippen LogP contribution >= 0.6 is 11.6 Å². The Morgan fingerprint density at radius 1 is 1.23 bits per heavy atom. The van der Waals surface area contributed by atoms with E-state index in [2.05, 4.69) is 17.1 Å². The zero-order valence-corrected chi connectivity index (χ0v) is 18.8. The lowest BCUT2D eigenvalue weighted by molar-refractivity contribution is -0.131. The second-order valence-corrected chi connectivity index (χ2v) is 8.28. The lowest BCUT2D eigenvalue weighted by Gasteiger charge is -2.38. The Morgan fingerprint density at radius 2 is 1.93 bits per heavy atom. The average molecular weight is 437 g/mol. The van der Waals surface area contributed by atoms with Gasteiger partial charge in [0.2, 0.25) is 5.91 Å². The molecule has 0 aliphatic carbocycles. The van der Waals surface area contributed by atoms with Gasteiger partial charge in [-0.25, -0.2) is 0 Å². The molecule has 0 radical (unpaired) electrons. The number of ether oxygens (including phenoxy) is 2. The molecule has 0 atom stereocenters. The summed E-state index contributed by atoms with van der Waals surface area (Å²) in [4.78, 5) is 21.7. The Morgan fingerprint density at radius 3 is 2.57 bits per heavy atom. The number of piperazine rings is 1. The van der Waals surface area contributed by atoms with Crippen LogP contribution in [0.15, 0.2) is 29.3 Å². The highest BCUT2D eigenvalue weighted by atomic mass is 35.5. The van der Waals surface area contributed by atoms with Crippen molar-refractivity contribution in [1.29, 1.82) is 0 Å². The van der Waals surface area contributed by atoms with Gasteiger partial charge in [-0.1, -0.05) is 23.7 Å². The number of methoxy groups -OCH3 is 1. The SMILES string of the molecule is CCNC(=NCC1(OC)CCOCC1)N1CCN(C(=O)Cc2cccc(Cl)c2)CC1. The van der Waals surface area contributed by atoms with E-state index in [1.165, 1.54) is 0 Å². The molecule has 2 fully saturated rings. The van der Waals surface area contributed by atoms with Crippen LogP contribution in [0.1, 0.15) is 25.3 Å². The molecule has 1 N–H and O–H groups in total. The Kier molecular flexibility index (Phi) is 8.36. The second kappa shape index (κ2) is 11.0. The van der Waals surface area contributed by atoms with Crippen LogP contribution in [0, 0.1) is 0 Å². The highest BCUT2D eigenvalue weighted by Crippen LogP contribution is 2.25. The monoisotopic (exact) mass is 436 g/mol. The van der Waals surface area contributed by atoms with Crippen molar-refractivity contribution in [3.8, 4) is 0 Å². The number of aliphatic imine (C=N–C) groups is 1. The molecule has 3 rings (SSSR count). The van der Waals surface area contributed by atoms with Gasteiger partial charge in [-0.3, -0.25) is 9.79 Å². The number of nitrogens with one attached hydrogen (secondary N) is 1. The first-order valence-corrected chi connectivity index (χ1v) is 11.1. The van der Waals surface area contributed by atoms with Gasteiger partial charge in [0.25, 0.3) is 0 Å². The molecule has 1 amide bonds. The smallest absolute Gasteiger partial charge is 0.227 e. The van der Waals surface area contributed by atoms with Gasteiger partial charge >= 0.3 is 0 Å². The van der Waals surface area contributed by atoms with Crippen LogP contribution in [-0.2, 0) is 20.7 Å². The second-order valence-electron chi connectivity index (χ2n) is 7.84. The van der Waals surface area contributed by atoms with E-state index in [1.807, 2.05) is 29.2 Å². The Hall–Kier alpha value is -1.83. The number of halogens is 1. The third-order valence-corrected chi connectivity index (χ3v) is 6.10. The van der Waals surface area contributed by atoms with Gasteiger partial charge in [0, 0.05) is 70.9 Å². The van der Waals surface area contributed by atoms with Crippen LogP contribution in [0.4, 0.5) is 0 Å². The predicted molar refractivity (Wildman–Crippen MR) is 119 cm³/mol. The number of hydrogen-bond acceptors (Lipinski definition) is 4. The summed E-state index contributed by atoms with van der Waals surface area (Å²) in [6.45, 7) is 7.81. The fourth-order valence-corrected chi connectivity index (χ4v) is 4.13. The summed E-state index contributed by atoms with van der Waals surface area (Å²) in [5, 5.41) is 4.06. The van der Waals surface area contributed by atoms with Crippen molar-refractivity contribution in [1.82, 2.24) is 15.1 Å². The fraction of sp³-hybridized carbons (Fsp3) is 0.636. The summed E-state index contributed by atoms with van der Waals surface area (Å²) in [5.74, 6) is 1.03. The number of carbonyl (C=O) groups is 1. The number of hydrogen-bond donors (Lipinski definition) is 1. The van der Waals surface area contributed by atoms with Crippen molar-refractivity contribution < 1.29 is 14.3 Å². The number of nitrogens with zero attached hydrogens (tertiary/aromatic N) is 3. The molecule has 8 heteroatoms. The van der Waals surface area contributed by atoms with E-state index in [9.17, 15) is 4.79 Å². The van der Waals surface area contributed by atoms with E-state index in [0.717, 1.165) is 44.0 Å². The standard InChI is InChI=1S/C22H33ClN4O3/c1-3-24-21(25-17-22(29-2)7-13-30-14-8-22)27-11-9-26(10-12-27)20(28)16-18-5-4-6-19(23)15-18/h4-6,15H,3,7-14,16-17H2,1-2H3,(H,24,25). The van der Waals surface area contributed by atoms with E-state index >= 15 is 0 Å². The molecule has 7 nitrogen and oxygen atoms in total. The molecule has 2 saturated heterocycles. The highest BCUT2D eigenvalue weighted by molar-refractivity contribution is 6.30. The normalized spacial score (nSPS) is 19.6. The van der Waals surface area contributed by atoms with E-state index < -0.39 is 0 Å². The van der Waals surface area contributed by atoms with Crippen molar-refractivity contribution in [3.05, 3.63) is 34.9 Å². The summed E-state index contributed by atoms with van der Waals surface area (Å²) in [6.07, 6.45) is 2.10. The molecule has 2 aliphatic rings. The third-order valence-electron chi connectivity index (χ3n) is 5.87. The van der Waals surface area contributed by atoms with Gasteiger partial charge in [-0.2, -0.15) is 0 Å². The molecule has 2 aliphatic heterocycles. The summed E-state index contributed by atoms with van der Waals surface area (Å²) >= 11 is 6.04. The zero-order chi connectivity index (χ0) is 21.4. The zero-order valence-electron chi connectivity index (χ0n) is 18.0. The summed E-state index contributed by atoms with van der Waals surface area (Å²) < 4.78 is 11.3. The number of benzene rings is 1. The van der Waals surface area contributed by atoms with Crippen LogP contribution in [0.5, 0.6) is 0 Å². The first-order valence-electron chi connectivity index (χ1n) is 10.7. The maximum atomic E-state index is 12.7. The van der Waals surface area contributed by atoms with Crippen LogP contribution in [-0.4, -0.2) is 86.9 Å². The molecular weight excluding hydrogens is 404 g/mol. The van der Waals surface area contributed by atoms with E-state index in [1.54, 1.807) is 7.11 Å². The number of rotatable bonds is 6. The quantitative estimate of drug-likeness (QED) is 0.547. The minimum Gasteiger partial charge on any atom is -0.381 e. The molecule has 1 aromatic rings. The molecule has 0 saturated carbocycles. The van der Waals surface area contributed by atoms with Crippen LogP contribution in [0.3, 0.4) is 0 Å². The Labute approximate surface area is 184 Å². The molecule has 0 aromatic heterocycles. The Balaban J connectivity index is 1.56. The minimum atomic E-state index is -0.242. The van der Waals surface area contributed by atoms with Gasteiger partial charge in [0.15, 0.2) is 5.96 Å². The van der Waals surface area contributed by atoms with Gasteiger partial charge in [-0.05, 0) is 24.6 Å². The van der Waals surface area contributed by atoms with Crippen LogP contribution in [0.2, 0.25) is 5.02 Å². The van der Waals surface area contributed by atoms with Crippen molar-refractivity contribution >= 4 is 23.5 Å². The molecule has 2 heterocycles. The van der Waals surface area contributed by atoms with E-state index in [0.29, 0.717) is 44.3 Å². The maximum Gasteiger partial charge on any atom is 0.227 e. The Bertz CT molecular complexity index is 729. The molecule has 1 aromatic carbocycles. The highest BCUT2D eigenvalue weighted by Gasteiger charge is 2.33. The molecule has 30 heavy (non-hydrogen) atoms. The molecule has 0 spiro atoms. The van der Waals surface area contributed by atoms with Crippen LogP contribution < -0.4 is 5.32 Å². The summed E-state index contributed by atoms with van der Waals surface area (Å²) in [7, 11) is 1.76. The number of carbonyl (C=O) groups excluding carboxylic acids is 1. The fourth-order valence-electron chi connectivity index (χ4n) is 3.92. The summed E-state index contributed by atoms with van der Waals surface area (Å²) in [5.41, 5.74) is 0.708. The van der Waals surface area contributed by atoms with Crippen molar-refractivity contribution in [2.75, 3.05) is 59.6 Å². The number of guanidine groups is 1. The number of amides is 1. The first-order chi connectivity index (χ1) is 14.5. The van der Waals surface area contributed by atoms with Gasteiger partial charge in [0.05, 0.1) is 18.6 Å². The molecule has 0 bridgehead atoms. The van der Waals surface area contributed by atoms with Crippen molar-refractivity contribution in [2.24, 2.45) is 4.99 Å². The van der Waals surface area contributed by atoms with Crippen molar-refractivity contribution in [3.63, 3.8) is 0 Å². The average Bonchev–Trinajstić information content (AvgIpc) is 2.77. The molecule has 166 valence electrons. The summed E-state index contributed by atoms with van der Waals surface area (Å²) in [6, 6.07) is 7.50. The topological polar surface area (TPSA) is 66.4 Å². The predicted octanol–water partition coefficient (Wildman–Crippen LogP) is 2.19. The molecule has 0 unspecified atom stereocenters. The lowest BCUT2D eigenvalue weighted by Crippen LogP contribution is -2.54. The largest absolute Gasteiger partial charge is 0.381 e. The van der Waals surface area contributed by atoms with Crippen molar-refractivity contribution in [2.45, 2.75) is 31.8 Å². The van der Waals surface area contributed by atoms with E-state index in [4.69, 9.17) is 26.1 Å². The van der Waals surface area contributed by atoms with Gasteiger partial charge in [0.1, 0.15) is 0 Å². The minimum absolute atomic E-state index is 0.138. The van der Waals surface area contributed by atoms with E-state index in [-0.39, 0.29) is 11.5 Å². The van der Waals surface area contributed by atoms with Gasteiger partial charge in [-0.15, -0.1) is 0 Å².